The van der Waals surface area contributed by atoms with Crippen LogP contribution in [-0.4, -0.2) is 26.6 Å². The van der Waals surface area contributed by atoms with Crippen LogP contribution in [0.4, 0.5) is 0 Å². The fraction of sp³-hybridized carbons (Fsp3) is 0.333. The van der Waals surface area contributed by atoms with Crippen molar-refractivity contribution < 1.29 is 14.7 Å². The van der Waals surface area contributed by atoms with Crippen molar-refractivity contribution in [3.8, 4) is 0 Å². The fourth-order valence-corrected chi connectivity index (χ4v) is 2.82. The zero-order chi connectivity index (χ0) is 16.3. The molecule has 1 heterocycles. The number of rotatable bonds is 5. The lowest BCUT2D eigenvalue weighted by atomic mass is 9.97. The normalized spacial score (nSPS) is 12.0. The minimum atomic E-state index is -1.10. The van der Waals surface area contributed by atoms with Gasteiger partial charge in [0.25, 0.3) is 5.91 Å². The number of aromatic nitrogens is 2. The van der Waals surface area contributed by atoms with Crippen molar-refractivity contribution in [1.82, 2.24) is 14.9 Å². The molecular weight excluding hydrogens is 302 g/mol. The SMILES string of the molecule is CCc1nnsc1C(=O)NC(C(=O)O)c1cccc(C)c1C. The average molecular weight is 319 g/mol. The van der Waals surface area contributed by atoms with E-state index in [0.29, 0.717) is 22.6 Å². The highest BCUT2D eigenvalue weighted by Crippen LogP contribution is 2.22. The van der Waals surface area contributed by atoms with Gasteiger partial charge in [-0.05, 0) is 48.5 Å². The first-order valence-corrected chi connectivity index (χ1v) is 7.64. The van der Waals surface area contributed by atoms with Gasteiger partial charge in [-0.15, -0.1) is 5.10 Å². The summed E-state index contributed by atoms with van der Waals surface area (Å²) < 4.78 is 3.75. The maximum Gasteiger partial charge on any atom is 0.330 e. The van der Waals surface area contributed by atoms with Crippen molar-refractivity contribution in [3.05, 3.63) is 45.5 Å². The largest absolute Gasteiger partial charge is 0.479 e. The number of nitrogens with zero attached hydrogens (tertiary/aromatic N) is 2. The molecule has 6 nitrogen and oxygen atoms in total. The van der Waals surface area contributed by atoms with Crippen LogP contribution in [0.2, 0.25) is 0 Å². The third-order valence-electron chi connectivity index (χ3n) is 3.58. The Morgan fingerprint density at radius 2 is 2.09 bits per heavy atom. The van der Waals surface area contributed by atoms with Crippen molar-refractivity contribution in [2.45, 2.75) is 33.2 Å². The van der Waals surface area contributed by atoms with Crippen molar-refractivity contribution >= 4 is 23.4 Å². The van der Waals surface area contributed by atoms with Gasteiger partial charge in [-0.3, -0.25) is 4.79 Å². The predicted octanol–water partition coefficient (Wildman–Crippen LogP) is 2.27. The molecule has 1 aromatic heterocycles. The molecule has 2 aromatic rings. The topological polar surface area (TPSA) is 92.2 Å². The molecule has 0 aliphatic carbocycles. The van der Waals surface area contributed by atoms with Gasteiger partial charge in [-0.2, -0.15) is 0 Å². The van der Waals surface area contributed by atoms with Gasteiger partial charge in [0.05, 0.1) is 5.69 Å². The van der Waals surface area contributed by atoms with E-state index in [-0.39, 0.29) is 0 Å². The number of carbonyl (C=O) groups is 2. The Morgan fingerprint density at radius 3 is 2.73 bits per heavy atom. The summed E-state index contributed by atoms with van der Waals surface area (Å²) in [5.74, 6) is -1.56. The number of benzene rings is 1. The smallest absolute Gasteiger partial charge is 0.330 e. The van der Waals surface area contributed by atoms with Crippen molar-refractivity contribution in [1.29, 1.82) is 0 Å². The van der Waals surface area contributed by atoms with Crippen LogP contribution >= 0.6 is 11.5 Å². The molecular formula is C15H17N3O3S. The van der Waals surface area contributed by atoms with Gasteiger partial charge in [0.1, 0.15) is 4.88 Å². The molecule has 1 atom stereocenters. The summed E-state index contributed by atoms with van der Waals surface area (Å²) in [7, 11) is 0. The maximum absolute atomic E-state index is 12.3. The highest BCUT2D eigenvalue weighted by atomic mass is 32.1. The highest BCUT2D eigenvalue weighted by molar-refractivity contribution is 7.08. The minimum absolute atomic E-state index is 0.360. The van der Waals surface area contributed by atoms with Crippen LogP contribution in [-0.2, 0) is 11.2 Å². The summed E-state index contributed by atoms with van der Waals surface area (Å²) in [5, 5.41) is 15.9. The number of carboxylic acid groups (broad SMARTS) is 1. The first-order valence-electron chi connectivity index (χ1n) is 6.86. The predicted molar refractivity (Wildman–Crippen MR) is 83.0 cm³/mol. The van der Waals surface area contributed by atoms with E-state index in [1.165, 1.54) is 0 Å². The van der Waals surface area contributed by atoms with Crippen LogP contribution < -0.4 is 5.32 Å². The van der Waals surface area contributed by atoms with Crippen LogP contribution in [0.1, 0.15) is 45.0 Å². The van der Waals surface area contributed by atoms with Gasteiger partial charge >= 0.3 is 5.97 Å². The van der Waals surface area contributed by atoms with Crippen LogP contribution in [0.3, 0.4) is 0 Å². The van der Waals surface area contributed by atoms with Gasteiger partial charge in [0, 0.05) is 0 Å². The molecule has 1 aromatic carbocycles. The molecule has 22 heavy (non-hydrogen) atoms. The lowest BCUT2D eigenvalue weighted by Gasteiger charge is -2.18. The number of amides is 1. The van der Waals surface area contributed by atoms with E-state index in [1.807, 2.05) is 26.8 Å². The van der Waals surface area contributed by atoms with E-state index in [4.69, 9.17) is 0 Å². The average Bonchev–Trinajstić information content (AvgIpc) is 2.96. The molecule has 7 heteroatoms. The van der Waals surface area contributed by atoms with Crippen LogP contribution in [0.5, 0.6) is 0 Å². The third kappa shape index (κ3) is 3.14. The summed E-state index contributed by atoms with van der Waals surface area (Å²) >= 11 is 0.972. The second kappa shape index (κ2) is 6.65. The molecule has 0 aliphatic rings. The van der Waals surface area contributed by atoms with Gasteiger partial charge in [-0.25, -0.2) is 4.79 Å². The van der Waals surface area contributed by atoms with E-state index < -0.39 is 17.9 Å². The van der Waals surface area contributed by atoms with Crippen LogP contribution in [0, 0.1) is 13.8 Å². The highest BCUT2D eigenvalue weighted by Gasteiger charge is 2.26. The zero-order valence-corrected chi connectivity index (χ0v) is 13.4. The van der Waals surface area contributed by atoms with Crippen LogP contribution in [0.25, 0.3) is 0 Å². The quantitative estimate of drug-likeness (QED) is 0.882. The molecule has 1 amide bonds. The molecule has 2 N–H and O–H groups in total. The first-order chi connectivity index (χ1) is 10.5. The lowest BCUT2D eigenvalue weighted by molar-refractivity contribution is -0.139. The number of nitrogens with one attached hydrogen (secondary N) is 1. The summed E-state index contributed by atoms with van der Waals surface area (Å²) in [6.07, 6.45) is 0.570. The third-order valence-corrected chi connectivity index (χ3v) is 4.34. The standard InChI is InChI=1S/C15H17N3O3S/c1-4-11-13(22-18-17-11)14(19)16-12(15(20)21)10-7-5-6-8(2)9(10)3/h5-7,12H,4H2,1-3H3,(H,16,19)(H,20,21). The summed E-state index contributed by atoms with van der Waals surface area (Å²) in [4.78, 5) is 24.3. The first kappa shape index (κ1) is 16.1. The molecule has 0 saturated heterocycles. The van der Waals surface area contributed by atoms with E-state index in [1.54, 1.807) is 12.1 Å². The molecule has 0 radical (unpaired) electrons. The second-order valence-electron chi connectivity index (χ2n) is 4.94. The summed E-state index contributed by atoms with van der Waals surface area (Å²) in [6, 6.07) is 4.31. The molecule has 0 saturated carbocycles. The maximum atomic E-state index is 12.3. The van der Waals surface area contributed by atoms with Gasteiger partial charge < -0.3 is 10.4 Å². The minimum Gasteiger partial charge on any atom is -0.479 e. The molecule has 116 valence electrons. The molecule has 0 aliphatic heterocycles. The Kier molecular flexibility index (Phi) is 4.87. The Bertz CT molecular complexity index is 712. The molecule has 0 spiro atoms. The van der Waals surface area contributed by atoms with E-state index in [0.717, 1.165) is 22.7 Å². The number of carbonyl (C=O) groups excluding carboxylic acids is 1. The van der Waals surface area contributed by atoms with Crippen molar-refractivity contribution in [3.63, 3.8) is 0 Å². The molecule has 0 fully saturated rings. The number of aliphatic carboxylic acids is 1. The lowest BCUT2D eigenvalue weighted by Crippen LogP contribution is -2.34. The monoisotopic (exact) mass is 319 g/mol. The Morgan fingerprint density at radius 1 is 1.36 bits per heavy atom. The zero-order valence-electron chi connectivity index (χ0n) is 12.6. The summed E-state index contributed by atoms with van der Waals surface area (Å²) in [5.41, 5.74) is 2.99. The Hall–Kier alpha value is -2.28. The Balaban J connectivity index is 2.32. The Labute approximate surface area is 132 Å². The number of carboxylic acids is 1. The molecule has 0 bridgehead atoms. The summed E-state index contributed by atoms with van der Waals surface area (Å²) in [6.45, 7) is 5.62. The molecule has 2 rings (SSSR count). The second-order valence-corrected chi connectivity index (χ2v) is 5.69. The molecule has 1 unspecified atom stereocenters. The fourth-order valence-electron chi connectivity index (χ4n) is 2.17. The number of hydrogen-bond donors (Lipinski definition) is 2. The van der Waals surface area contributed by atoms with Crippen LogP contribution in [0.15, 0.2) is 18.2 Å². The van der Waals surface area contributed by atoms with Gasteiger partial charge in [0.2, 0.25) is 0 Å². The van der Waals surface area contributed by atoms with E-state index >= 15 is 0 Å². The van der Waals surface area contributed by atoms with Crippen molar-refractivity contribution in [2.24, 2.45) is 0 Å². The van der Waals surface area contributed by atoms with Crippen molar-refractivity contribution in [2.75, 3.05) is 0 Å². The van der Waals surface area contributed by atoms with E-state index in [9.17, 15) is 14.7 Å². The van der Waals surface area contributed by atoms with Gasteiger partial charge in [0.15, 0.2) is 6.04 Å². The van der Waals surface area contributed by atoms with E-state index in [2.05, 4.69) is 14.9 Å². The number of hydrogen-bond acceptors (Lipinski definition) is 5. The number of aryl methyl sites for hydroxylation is 2. The van der Waals surface area contributed by atoms with Gasteiger partial charge in [-0.1, -0.05) is 29.6 Å².